The monoisotopic (exact) mass is 392 g/mol. The molecule has 2 heterocycles. The van der Waals surface area contributed by atoms with Crippen LogP contribution < -0.4 is 4.18 Å². The summed E-state index contributed by atoms with van der Waals surface area (Å²) >= 11 is 1.29. The van der Waals surface area contributed by atoms with Gasteiger partial charge in [-0.25, -0.2) is 0 Å². The second-order valence-corrected chi connectivity index (χ2v) is 8.53. The highest BCUT2D eigenvalue weighted by molar-refractivity contribution is 8.27. The van der Waals surface area contributed by atoms with Crippen LogP contribution >= 0.6 is 11.8 Å². The van der Waals surface area contributed by atoms with Crippen molar-refractivity contribution in [1.82, 2.24) is 5.01 Å². The first-order valence-electron chi connectivity index (χ1n) is 7.63. The average Bonchev–Trinajstić information content (AvgIpc) is 2.96. The lowest BCUT2D eigenvalue weighted by molar-refractivity contribution is -0.114. The predicted octanol–water partition coefficient (Wildman–Crippen LogP) is 2.30. The van der Waals surface area contributed by atoms with E-state index in [2.05, 4.69) is 10.1 Å². The Hall–Kier alpha value is -2.46. The number of aliphatic imine (C=N–C) groups is 1. The van der Waals surface area contributed by atoms with E-state index in [1.807, 2.05) is 13.8 Å². The summed E-state index contributed by atoms with van der Waals surface area (Å²) in [6.07, 6.45) is 2.48. The lowest BCUT2D eigenvalue weighted by Crippen LogP contribution is -2.35. The van der Waals surface area contributed by atoms with Gasteiger partial charge in [-0.05, 0) is 35.5 Å². The van der Waals surface area contributed by atoms with Crippen molar-refractivity contribution >= 4 is 49.9 Å². The third kappa shape index (κ3) is 3.86. The Kier molecular flexibility index (Phi) is 4.72. The van der Waals surface area contributed by atoms with Crippen LogP contribution in [0.3, 0.4) is 0 Å². The van der Waals surface area contributed by atoms with Gasteiger partial charge >= 0.3 is 10.1 Å². The number of carbonyl (C=O) groups excluding carboxylic acids is 1. The molecule has 0 aliphatic carbocycles. The number of hydrazone groups is 1. The van der Waals surface area contributed by atoms with E-state index in [0.29, 0.717) is 10.7 Å². The molecule has 0 fully saturated rings. The minimum absolute atomic E-state index is 0.0420. The first-order chi connectivity index (χ1) is 12.1. The molecule has 0 bridgehead atoms. The third-order valence-electron chi connectivity index (χ3n) is 3.40. The van der Waals surface area contributed by atoms with E-state index < -0.39 is 16.0 Å². The summed E-state index contributed by atoms with van der Waals surface area (Å²) in [4.78, 5) is 16.3. The van der Waals surface area contributed by atoms with Crippen LogP contribution in [0.2, 0.25) is 0 Å². The van der Waals surface area contributed by atoms with Crippen molar-refractivity contribution < 1.29 is 17.4 Å². The van der Waals surface area contributed by atoms with Crippen molar-refractivity contribution in [2.45, 2.75) is 13.8 Å². The molecule has 3 rings (SSSR count). The van der Waals surface area contributed by atoms with E-state index in [1.54, 1.807) is 12.1 Å². The van der Waals surface area contributed by atoms with Crippen LogP contribution in [0.25, 0.3) is 6.08 Å². The molecule has 10 heteroatoms. The fourth-order valence-corrected chi connectivity index (χ4v) is 3.55. The molecule has 8 nitrogen and oxygen atoms in total. The molecule has 2 aliphatic rings. The second kappa shape index (κ2) is 6.69. The van der Waals surface area contributed by atoms with E-state index >= 15 is 0 Å². The number of fused-ring (bicyclic) bond motifs is 1. The van der Waals surface area contributed by atoms with Gasteiger partial charge in [0.05, 0.1) is 11.8 Å². The summed E-state index contributed by atoms with van der Waals surface area (Å²) < 4.78 is 27.0. The zero-order valence-electron chi connectivity index (χ0n) is 14.3. The van der Waals surface area contributed by atoms with E-state index in [1.165, 1.54) is 35.0 Å². The summed E-state index contributed by atoms with van der Waals surface area (Å²) in [5.74, 6) is -0.210. The maximum absolute atomic E-state index is 12.3. The highest BCUT2D eigenvalue weighted by atomic mass is 32.2. The van der Waals surface area contributed by atoms with Crippen LogP contribution in [0.15, 0.2) is 39.9 Å². The molecule has 2 aliphatic heterocycles. The van der Waals surface area contributed by atoms with E-state index in [0.717, 1.165) is 11.3 Å². The van der Waals surface area contributed by atoms with Gasteiger partial charge < -0.3 is 4.18 Å². The van der Waals surface area contributed by atoms with Crippen LogP contribution in [0.5, 0.6) is 5.75 Å². The van der Waals surface area contributed by atoms with Gasteiger partial charge in [0, 0.05) is 5.92 Å². The van der Waals surface area contributed by atoms with Crippen LogP contribution in [-0.4, -0.2) is 41.6 Å². The van der Waals surface area contributed by atoms with Gasteiger partial charge in [0.2, 0.25) is 5.17 Å². The zero-order chi connectivity index (χ0) is 19.1. The van der Waals surface area contributed by atoms with Crippen molar-refractivity contribution in [1.29, 1.82) is 5.41 Å². The molecule has 136 valence electrons. The average molecular weight is 392 g/mol. The number of benzene rings is 1. The Balaban J connectivity index is 1.88. The van der Waals surface area contributed by atoms with E-state index in [4.69, 9.17) is 9.59 Å². The fourth-order valence-electron chi connectivity index (χ4n) is 2.20. The van der Waals surface area contributed by atoms with Crippen LogP contribution in [-0.2, 0) is 14.9 Å². The molecule has 0 unspecified atom stereocenters. The molecule has 1 aromatic carbocycles. The second-order valence-electron chi connectivity index (χ2n) is 5.97. The van der Waals surface area contributed by atoms with Crippen molar-refractivity contribution in [3.05, 3.63) is 35.4 Å². The van der Waals surface area contributed by atoms with Gasteiger partial charge in [-0.1, -0.05) is 26.0 Å². The smallest absolute Gasteiger partial charge is 0.306 e. The number of hydrogen-bond acceptors (Lipinski definition) is 7. The minimum Gasteiger partial charge on any atom is -0.383 e. The lowest BCUT2D eigenvalue weighted by Gasteiger charge is -2.20. The highest BCUT2D eigenvalue weighted by Gasteiger charge is 2.36. The van der Waals surface area contributed by atoms with Crippen molar-refractivity contribution in [2.75, 3.05) is 6.26 Å². The topological polar surface area (TPSA) is 112 Å². The first-order valence-corrected chi connectivity index (χ1v) is 10.3. The molecule has 26 heavy (non-hydrogen) atoms. The molecule has 0 atom stereocenters. The number of nitrogens with zero attached hydrogens (tertiary/aromatic N) is 3. The van der Waals surface area contributed by atoms with Gasteiger partial charge in [0.25, 0.3) is 5.91 Å². The Labute approximate surface area is 155 Å². The molecular weight excluding hydrogens is 376 g/mol. The summed E-state index contributed by atoms with van der Waals surface area (Å²) in [6.45, 7) is 3.96. The van der Waals surface area contributed by atoms with Gasteiger partial charge in [-0.2, -0.15) is 23.5 Å². The van der Waals surface area contributed by atoms with E-state index in [9.17, 15) is 13.2 Å². The zero-order valence-corrected chi connectivity index (χ0v) is 15.9. The Morgan fingerprint density at radius 1 is 1.27 bits per heavy atom. The quantitative estimate of drug-likeness (QED) is 0.621. The molecule has 0 radical (unpaired) electrons. The van der Waals surface area contributed by atoms with E-state index in [-0.39, 0.29) is 23.1 Å². The molecule has 1 amide bonds. The summed E-state index contributed by atoms with van der Waals surface area (Å²) in [5, 5.41) is 15.2. The number of amidine groups is 2. The Morgan fingerprint density at radius 2 is 1.92 bits per heavy atom. The number of rotatable bonds is 4. The van der Waals surface area contributed by atoms with Crippen molar-refractivity contribution in [2.24, 2.45) is 16.0 Å². The molecule has 0 saturated carbocycles. The SMILES string of the molecule is CC(C)C1=NN2C(=N)/C(=C/c3ccc(OS(C)(=O)=O)cc3)C(=O)N=C2S1. The number of amides is 1. The fraction of sp³-hybridized carbons (Fsp3) is 0.250. The van der Waals surface area contributed by atoms with Gasteiger partial charge in [-0.3, -0.25) is 10.2 Å². The Morgan fingerprint density at radius 3 is 2.50 bits per heavy atom. The maximum Gasteiger partial charge on any atom is 0.306 e. The van der Waals surface area contributed by atoms with Crippen LogP contribution in [0.4, 0.5) is 0 Å². The molecule has 0 saturated heterocycles. The molecule has 0 aromatic heterocycles. The van der Waals surface area contributed by atoms with Gasteiger partial charge in [0.15, 0.2) is 5.84 Å². The van der Waals surface area contributed by atoms with Gasteiger partial charge in [-0.15, -0.1) is 0 Å². The molecule has 1 aromatic rings. The number of carbonyl (C=O) groups is 1. The van der Waals surface area contributed by atoms with Crippen LogP contribution in [0.1, 0.15) is 19.4 Å². The highest BCUT2D eigenvalue weighted by Crippen LogP contribution is 2.30. The number of hydrogen-bond donors (Lipinski definition) is 1. The number of thioether (sulfide) groups is 1. The summed E-state index contributed by atoms with van der Waals surface area (Å²) in [6, 6.07) is 6.13. The predicted molar refractivity (Wildman–Crippen MR) is 102 cm³/mol. The maximum atomic E-state index is 12.3. The van der Waals surface area contributed by atoms with Crippen LogP contribution in [0, 0.1) is 11.3 Å². The largest absolute Gasteiger partial charge is 0.383 e. The molecule has 0 spiro atoms. The Bertz CT molecular complexity index is 976. The van der Waals surface area contributed by atoms with Crippen molar-refractivity contribution in [3.8, 4) is 5.75 Å². The standard InChI is InChI=1S/C16H16N4O4S2/c1-9(2)15-19-20-13(17)12(14(21)18-16(20)25-15)8-10-4-6-11(7-5-10)24-26(3,22)23/h4-9,17H,1-3H3/b12-8-,17-13?. The summed E-state index contributed by atoms with van der Waals surface area (Å²) in [7, 11) is -3.60. The van der Waals surface area contributed by atoms with Gasteiger partial charge in [0.1, 0.15) is 10.8 Å². The molecular formula is C16H16N4O4S2. The van der Waals surface area contributed by atoms with Crippen molar-refractivity contribution in [3.63, 3.8) is 0 Å². The number of nitrogens with one attached hydrogen (secondary N) is 1. The first kappa shape index (κ1) is 18.3. The lowest BCUT2D eigenvalue weighted by atomic mass is 10.1. The minimum atomic E-state index is -3.60. The normalized spacial score (nSPS) is 18.9. The summed E-state index contributed by atoms with van der Waals surface area (Å²) in [5.41, 5.74) is 0.720. The third-order valence-corrected chi connectivity index (χ3v) is 5.11. The molecule has 1 N–H and O–H groups in total.